The Morgan fingerprint density at radius 3 is 2.39 bits per heavy atom. The van der Waals surface area contributed by atoms with Gasteiger partial charge >= 0.3 is 0 Å². The molecule has 0 saturated carbocycles. The molecule has 6 nitrogen and oxygen atoms in total. The Hall–Kier alpha value is -3.48. The molecule has 1 aliphatic heterocycles. The van der Waals surface area contributed by atoms with Crippen LogP contribution in [0.2, 0.25) is 10.0 Å². The molecule has 0 radical (unpaired) electrons. The molecular weight excluding hydrogens is 501 g/mol. The van der Waals surface area contributed by atoms with Crippen LogP contribution >= 0.6 is 23.2 Å². The molecule has 3 aromatic rings. The van der Waals surface area contributed by atoms with Crippen LogP contribution in [0.25, 0.3) is 5.76 Å². The summed E-state index contributed by atoms with van der Waals surface area (Å²) in [5, 5.41) is 21.8. The average molecular weight is 526 g/mol. The van der Waals surface area contributed by atoms with Gasteiger partial charge in [0.15, 0.2) is 0 Å². The number of unbranched alkanes of at least 4 members (excludes halogenated alkanes) is 2. The fourth-order valence-electron chi connectivity index (χ4n) is 4.15. The zero-order valence-corrected chi connectivity index (χ0v) is 21.1. The van der Waals surface area contributed by atoms with Crippen molar-refractivity contribution in [2.24, 2.45) is 0 Å². The van der Waals surface area contributed by atoms with E-state index in [1.807, 2.05) is 0 Å². The molecular formula is C28H25Cl2NO5. The van der Waals surface area contributed by atoms with Gasteiger partial charge in [0.2, 0.25) is 0 Å². The van der Waals surface area contributed by atoms with Crippen molar-refractivity contribution in [2.75, 3.05) is 11.5 Å². The maximum absolute atomic E-state index is 13.2. The van der Waals surface area contributed by atoms with Gasteiger partial charge in [0.05, 0.1) is 28.3 Å². The summed E-state index contributed by atoms with van der Waals surface area (Å²) in [7, 11) is 0. The van der Waals surface area contributed by atoms with Gasteiger partial charge in [-0.15, -0.1) is 0 Å². The third-order valence-corrected chi connectivity index (χ3v) is 6.70. The number of phenols is 1. The van der Waals surface area contributed by atoms with Crippen molar-refractivity contribution in [3.8, 4) is 11.5 Å². The second kappa shape index (κ2) is 11.1. The SMILES string of the molecule is CCCCCOc1ccc(/C(O)=C2\C(=O)C(=O)N(c3ccc(Cl)c(Cl)c3)C2c2cccc(O)c2)cc1. The molecule has 8 heteroatoms. The van der Waals surface area contributed by atoms with E-state index in [1.54, 1.807) is 42.5 Å². The monoisotopic (exact) mass is 525 g/mol. The molecule has 0 spiro atoms. The molecule has 186 valence electrons. The maximum Gasteiger partial charge on any atom is 0.300 e. The van der Waals surface area contributed by atoms with Crippen LogP contribution in [0, 0.1) is 0 Å². The number of aromatic hydroxyl groups is 1. The molecule has 1 atom stereocenters. The molecule has 1 unspecified atom stereocenters. The van der Waals surface area contributed by atoms with Gasteiger partial charge in [-0.2, -0.15) is 0 Å². The Bertz CT molecular complexity index is 1320. The smallest absolute Gasteiger partial charge is 0.300 e. The second-order valence-electron chi connectivity index (χ2n) is 8.44. The number of amides is 1. The minimum Gasteiger partial charge on any atom is -0.508 e. The third-order valence-electron chi connectivity index (χ3n) is 5.96. The molecule has 1 fully saturated rings. The van der Waals surface area contributed by atoms with E-state index in [2.05, 4.69) is 6.92 Å². The number of carbonyl (C=O) groups is 2. The molecule has 1 saturated heterocycles. The van der Waals surface area contributed by atoms with Gasteiger partial charge in [0, 0.05) is 11.3 Å². The summed E-state index contributed by atoms with van der Waals surface area (Å²) < 4.78 is 5.73. The number of hydrogen-bond acceptors (Lipinski definition) is 5. The number of halogens is 2. The van der Waals surface area contributed by atoms with Crippen LogP contribution in [0.3, 0.4) is 0 Å². The zero-order valence-electron chi connectivity index (χ0n) is 19.6. The van der Waals surface area contributed by atoms with Crippen LogP contribution in [0.5, 0.6) is 11.5 Å². The molecule has 2 N–H and O–H groups in total. The van der Waals surface area contributed by atoms with E-state index in [1.165, 1.54) is 29.2 Å². The number of carbonyl (C=O) groups excluding carboxylic acids is 2. The third kappa shape index (κ3) is 5.20. The summed E-state index contributed by atoms with van der Waals surface area (Å²) in [5.74, 6) is -1.42. The number of ether oxygens (including phenoxy) is 1. The highest BCUT2D eigenvalue weighted by atomic mass is 35.5. The Morgan fingerprint density at radius 2 is 1.72 bits per heavy atom. The van der Waals surface area contributed by atoms with Gasteiger partial charge in [-0.25, -0.2) is 0 Å². The van der Waals surface area contributed by atoms with Crippen molar-refractivity contribution in [1.82, 2.24) is 0 Å². The highest BCUT2D eigenvalue weighted by Crippen LogP contribution is 2.43. The fourth-order valence-corrected chi connectivity index (χ4v) is 4.44. The van der Waals surface area contributed by atoms with Gasteiger partial charge in [-0.1, -0.05) is 55.1 Å². The first kappa shape index (κ1) is 25.6. The van der Waals surface area contributed by atoms with Gasteiger partial charge in [-0.05, 0) is 66.6 Å². The minimum atomic E-state index is -1.00. The highest BCUT2D eigenvalue weighted by Gasteiger charge is 2.47. The summed E-state index contributed by atoms with van der Waals surface area (Å²) in [6.45, 7) is 2.71. The molecule has 0 aliphatic carbocycles. The summed E-state index contributed by atoms with van der Waals surface area (Å²) in [4.78, 5) is 27.7. The number of aliphatic hydroxyl groups is 1. The number of rotatable bonds is 8. The van der Waals surface area contributed by atoms with Crippen molar-refractivity contribution in [2.45, 2.75) is 32.2 Å². The standard InChI is InChI=1S/C28H25Cl2NO5/c1-2-3-4-14-36-21-11-8-17(9-12-21)26(33)24-25(18-6-5-7-20(32)15-18)31(28(35)27(24)34)19-10-13-22(29)23(30)16-19/h5-13,15-16,25,32-33H,2-4,14H2,1H3/b26-24+. The lowest BCUT2D eigenvalue weighted by Crippen LogP contribution is -2.29. The van der Waals surface area contributed by atoms with Crippen LogP contribution in [0.15, 0.2) is 72.3 Å². The van der Waals surface area contributed by atoms with Crippen molar-refractivity contribution in [3.63, 3.8) is 0 Å². The van der Waals surface area contributed by atoms with Gasteiger partial charge in [0.25, 0.3) is 11.7 Å². The van der Waals surface area contributed by atoms with Gasteiger partial charge < -0.3 is 14.9 Å². The van der Waals surface area contributed by atoms with E-state index < -0.39 is 17.7 Å². The lowest BCUT2D eigenvalue weighted by molar-refractivity contribution is -0.132. The molecule has 0 aromatic heterocycles. The van der Waals surface area contributed by atoms with Crippen LogP contribution in [-0.2, 0) is 9.59 Å². The van der Waals surface area contributed by atoms with Crippen molar-refractivity contribution in [1.29, 1.82) is 0 Å². The van der Waals surface area contributed by atoms with Crippen LogP contribution in [0.4, 0.5) is 5.69 Å². The van der Waals surface area contributed by atoms with E-state index in [0.717, 1.165) is 19.3 Å². The molecule has 3 aromatic carbocycles. The number of Topliss-reactive ketones (excluding diaryl/α,β-unsaturated/α-hetero) is 1. The first-order valence-corrected chi connectivity index (χ1v) is 12.4. The average Bonchev–Trinajstić information content (AvgIpc) is 3.14. The fraction of sp³-hybridized carbons (Fsp3) is 0.214. The number of aliphatic hydroxyl groups excluding tert-OH is 1. The summed E-state index contributed by atoms with van der Waals surface area (Å²) >= 11 is 12.2. The summed E-state index contributed by atoms with van der Waals surface area (Å²) in [5.41, 5.74) is 1.02. The van der Waals surface area contributed by atoms with E-state index in [9.17, 15) is 19.8 Å². The number of ketones is 1. The topological polar surface area (TPSA) is 87.1 Å². The first-order valence-electron chi connectivity index (χ1n) is 11.6. The van der Waals surface area contributed by atoms with E-state index in [0.29, 0.717) is 34.2 Å². The Labute approximate surface area is 219 Å². The Kier molecular flexibility index (Phi) is 7.87. The minimum absolute atomic E-state index is 0.0446. The van der Waals surface area contributed by atoms with Crippen LogP contribution in [0.1, 0.15) is 43.4 Å². The van der Waals surface area contributed by atoms with Crippen LogP contribution in [-0.4, -0.2) is 28.5 Å². The zero-order chi connectivity index (χ0) is 25.8. The molecule has 1 heterocycles. The number of hydrogen-bond donors (Lipinski definition) is 2. The van der Waals surface area contributed by atoms with Crippen molar-refractivity contribution in [3.05, 3.63) is 93.5 Å². The predicted molar refractivity (Wildman–Crippen MR) is 141 cm³/mol. The van der Waals surface area contributed by atoms with Gasteiger partial charge in [0.1, 0.15) is 17.3 Å². The molecule has 1 amide bonds. The van der Waals surface area contributed by atoms with Crippen LogP contribution < -0.4 is 9.64 Å². The number of nitrogens with zero attached hydrogens (tertiary/aromatic N) is 1. The molecule has 1 aliphatic rings. The molecule has 4 rings (SSSR count). The second-order valence-corrected chi connectivity index (χ2v) is 9.26. The first-order chi connectivity index (χ1) is 17.3. The number of anilines is 1. The molecule has 0 bridgehead atoms. The quantitative estimate of drug-likeness (QED) is 0.144. The normalized spacial score (nSPS) is 17.0. The summed E-state index contributed by atoms with van der Waals surface area (Å²) in [6, 6.07) is 16.5. The lowest BCUT2D eigenvalue weighted by atomic mass is 9.95. The number of benzene rings is 3. The number of phenolic OH excluding ortho intramolecular Hbond substituents is 1. The predicted octanol–water partition coefficient (Wildman–Crippen LogP) is 6.89. The summed E-state index contributed by atoms with van der Waals surface area (Å²) in [6.07, 6.45) is 3.11. The maximum atomic E-state index is 13.2. The largest absolute Gasteiger partial charge is 0.508 e. The van der Waals surface area contributed by atoms with E-state index in [4.69, 9.17) is 27.9 Å². The Balaban J connectivity index is 1.77. The lowest BCUT2D eigenvalue weighted by Gasteiger charge is -2.25. The van der Waals surface area contributed by atoms with Gasteiger partial charge in [-0.3, -0.25) is 14.5 Å². The van der Waals surface area contributed by atoms with E-state index >= 15 is 0 Å². The van der Waals surface area contributed by atoms with Crippen molar-refractivity contribution >= 4 is 46.3 Å². The van der Waals surface area contributed by atoms with Crippen molar-refractivity contribution < 1.29 is 24.5 Å². The highest BCUT2D eigenvalue weighted by molar-refractivity contribution is 6.52. The molecule has 36 heavy (non-hydrogen) atoms. The Morgan fingerprint density at radius 1 is 0.972 bits per heavy atom. The van der Waals surface area contributed by atoms with E-state index in [-0.39, 0.29) is 22.1 Å².